The number of hydrogen-bond donors (Lipinski definition) is 2. The van der Waals surface area contributed by atoms with E-state index in [-0.39, 0.29) is 10.8 Å². The van der Waals surface area contributed by atoms with E-state index in [1.165, 1.54) is 12.1 Å². The van der Waals surface area contributed by atoms with Gasteiger partial charge >= 0.3 is 0 Å². The number of nitrogens with two attached hydrogens (primary N) is 1. The van der Waals surface area contributed by atoms with E-state index in [4.69, 9.17) is 16.7 Å². The molecular weight excluding hydrogens is 412 g/mol. The molecule has 0 spiro atoms. The predicted molar refractivity (Wildman–Crippen MR) is 113 cm³/mol. The van der Waals surface area contributed by atoms with Crippen LogP contribution in [-0.4, -0.2) is 25.1 Å². The van der Waals surface area contributed by atoms with E-state index in [9.17, 15) is 13.2 Å². The first kappa shape index (κ1) is 20.8. The molecule has 0 aliphatic heterocycles. The highest BCUT2D eigenvalue weighted by Gasteiger charge is 2.12. The minimum absolute atomic E-state index is 0.0502. The maximum absolute atomic E-state index is 12.1. The summed E-state index contributed by atoms with van der Waals surface area (Å²) in [5, 5.41) is 9.64. The van der Waals surface area contributed by atoms with Crippen molar-refractivity contribution >= 4 is 33.7 Å². The highest BCUT2D eigenvalue weighted by molar-refractivity contribution is 7.89. The molecule has 0 saturated carbocycles. The number of hydrogen-bond acceptors (Lipinski definition) is 4. The topological polar surface area (TPSA) is 107 Å². The van der Waals surface area contributed by atoms with E-state index in [1.54, 1.807) is 42.6 Å². The van der Waals surface area contributed by atoms with Gasteiger partial charge in [0.1, 0.15) is 0 Å². The van der Waals surface area contributed by atoms with E-state index in [0.29, 0.717) is 10.6 Å². The molecule has 0 aliphatic rings. The molecule has 9 heteroatoms. The van der Waals surface area contributed by atoms with E-state index >= 15 is 0 Å². The molecule has 1 amide bonds. The molecule has 0 unspecified atom stereocenters. The number of primary sulfonamides is 1. The molecule has 0 bridgehead atoms. The molecule has 0 atom stereocenters. The summed E-state index contributed by atoms with van der Waals surface area (Å²) in [6, 6.07) is 14.8. The van der Waals surface area contributed by atoms with Crippen molar-refractivity contribution in [3.8, 4) is 5.69 Å². The van der Waals surface area contributed by atoms with Gasteiger partial charge in [-0.05, 0) is 62.4 Å². The Labute approximate surface area is 173 Å². The lowest BCUT2D eigenvalue weighted by Gasteiger charge is -2.10. The van der Waals surface area contributed by atoms with Gasteiger partial charge in [-0.3, -0.25) is 4.79 Å². The fourth-order valence-corrected chi connectivity index (χ4v) is 3.66. The van der Waals surface area contributed by atoms with Crippen molar-refractivity contribution in [1.29, 1.82) is 0 Å². The number of carbonyl (C=O) groups excluding carboxylic acids is 1. The Bertz CT molecular complexity index is 1200. The van der Waals surface area contributed by atoms with Gasteiger partial charge in [-0.1, -0.05) is 17.7 Å². The summed E-state index contributed by atoms with van der Waals surface area (Å²) >= 11 is 5.89. The lowest BCUT2D eigenvalue weighted by Crippen LogP contribution is -2.17. The Kier molecular flexibility index (Phi) is 5.88. The van der Waals surface area contributed by atoms with Crippen LogP contribution in [0.4, 0.5) is 0 Å². The van der Waals surface area contributed by atoms with Crippen molar-refractivity contribution in [2.75, 3.05) is 0 Å². The normalized spacial score (nSPS) is 11.7. The van der Waals surface area contributed by atoms with Crippen LogP contribution in [0.3, 0.4) is 0 Å². The number of rotatable bonds is 5. The van der Waals surface area contributed by atoms with Crippen LogP contribution in [0.15, 0.2) is 64.6 Å². The number of amides is 1. The zero-order valence-electron chi connectivity index (χ0n) is 15.8. The lowest BCUT2D eigenvalue weighted by atomic mass is 10.2. The average Bonchev–Trinajstić information content (AvgIpc) is 2.94. The summed E-state index contributed by atoms with van der Waals surface area (Å²) in [6.45, 7) is 3.82. The Morgan fingerprint density at radius 3 is 2.45 bits per heavy atom. The second-order valence-corrected chi connectivity index (χ2v) is 8.41. The fourth-order valence-electron chi connectivity index (χ4n) is 2.96. The highest BCUT2D eigenvalue weighted by Crippen LogP contribution is 2.21. The molecule has 0 aliphatic carbocycles. The molecular formula is C20H19ClN4O3S. The van der Waals surface area contributed by atoms with Crippen LogP contribution in [0.5, 0.6) is 0 Å². The maximum atomic E-state index is 12.1. The third-order valence-electron chi connectivity index (χ3n) is 4.35. The number of sulfonamides is 1. The molecule has 2 aromatic carbocycles. The summed E-state index contributed by atoms with van der Waals surface area (Å²) in [6.07, 6.45) is 1.56. The Balaban J connectivity index is 1.80. The van der Waals surface area contributed by atoms with Gasteiger partial charge in [0.05, 0.1) is 11.1 Å². The summed E-state index contributed by atoms with van der Waals surface area (Å²) in [4.78, 5) is 12.2. The van der Waals surface area contributed by atoms with Crippen LogP contribution in [0.1, 0.15) is 27.3 Å². The monoisotopic (exact) mass is 430 g/mol. The van der Waals surface area contributed by atoms with Crippen molar-refractivity contribution in [2.45, 2.75) is 18.7 Å². The van der Waals surface area contributed by atoms with E-state index < -0.39 is 10.0 Å². The standard InChI is InChI=1S/C20H19ClN4O3S/c1-13-10-16(12-23-24-20(26)15-4-3-5-17(21)11-15)14(2)25(13)18-6-8-19(9-7-18)29(22,27)28/h3-12H,1-2H3,(H,24,26)(H2,22,27,28). The highest BCUT2D eigenvalue weighted by atomic mass is 35.5. The first-order valence-electron chi connectivity index (χ1n) is 8.58. The van der Waals surface area contributed by atoms with Gasteiger partial charge in [0.25, 0.3) is 5.91 Å². The number of aromatic nitrogens is 1. The largest absolute Gasteiger partial charge is 0.318 e. The van der Waals surface area contributed by atoms with Gasteiger partial charge in [0.15, 0.2) is 0 Å². The molecule has 0 radical (unpaired) electrons. The van der Waals surface area contributed by atoms with Crippen molar-refractivity contribution in [3.63, 3.8) is 0 Å². The number of hydrazone groups is 1. The molecule has 3 N–H and O–H groups in total. The van der Waals surface area contributed by atoms with E-state index in [1.807, 2.05) is 24.5 Å². The third-order valence-corrected chi connectivity index (χ3v) is 5.51. The Morgan fingerprint density at radius 1 is 1.14 bits per heavy atom. The van der Waals surface area contributed by atoms with Crippen LogP contribution < -0.4 is 10.6 Å². The molecule has 1 aromatic heterocycles. The molecule has 7 nitrogen and oxygen atoms in total. The smallest absolute Gasteiger partial charge is 0.271 e. The first-order chi connectivity index (χ1) is 13.7. The minimum atomic E-state index is -3.74. The number of nitrogens with zero attached hydrogens (tertiary/aromatic N) is 2. The van der Waals surface area contributed by atoms with Gasteiger partial charge in [-0.2, -0.15) is 5.10 Å². The minimum Gasteiger partial charge on any atom is -0.318 e. The van der Waals surface area contributed by atoms with Crippen LogP contribution in [-0.2, 0) is 10.0 Å². The molecule has 3 aromatic rings. The van der Waals surface area contributed by atoms with Gasteiger partial charge < -0.3 is 4.57 Å². The molecule has 29 heavy (non-hydrogen) atoms. The number of nitrogens with one attached hydrogen (secondary N) is 1. The van der Waals surface area contributed by atoms with Gasteiger partial charge in [-0.25, -0.2) is 19.0 Å². The lowest BCUT2D eigenvalue weighted by molar-refractivity contribution is 0.0955. The Morgan fingerprint density at radius 2 is 1.83 bits per heavy atom. The van der Waals surface area contributed by atoms with E-state index in [2.05, 4.69) is 10.5 Å². The van der Waals surface area contributed by atoms with Crippen LogP contribution in [0.2, 0.25) is 5.02 Å². The zero-order valence-corrected chi connectivity index (χ0v) is 17.3. The molecule has 1 heterocycles. The van der Waals surface area contributed by atoms with Gasteiger partial charge in [0, 0.05) is 33.2 Å². The summed E-state index contributed by atoms with van der Waals surface area (Å²) in [7, 11) is -3.74. The maximum Gasteiger partial charge on any atom is 0.271 e. The second kappa shape index (κ2) is 8.20. The van der Waals surface area contributed by atoms with Crippen molar-refractivity contribution in [1.82, 2.24) is 9.99 Å². The van der Waals surface area contributed by atoms with Crippen LogP contribution >= 0.6 is 11.6 Å². The Hall–Kier alpha value is -2.94. The van der Waals surface area contributed by atoms with Gasteiger partial charge in [-0.15, -0.1) is 0 Å². The third kappa shape index (κ3) is 4.73. The van der Waals surface area contributed by atoms with Crippen molar-refractivity contribution in [2.24, 2.45) is 10.2 Å². The average molecular weight is 431 g/mol. The van der Waals surface area contributed by atoms with Gasteiger partial charge in [0.2, 0.25) is 10.0 Å². The van der Waals surface area contributed by atoms with Crippen molar-refractivity contribution in [3.05, 3.63) is 82.1 Å². The zero-order chi connectivity index (χ0) is 21.2. The summed E-state index contributed by atoms with van der Waals surface area (Å²) in [5.41, 5.74) is 6.29. The second-order valence-electron chi connectivity index (χ2n) is 6.41. The van der Waals surface area contributed by atoms with E-state index in [0.717, 1.165) is 22.6 Å². The molecule has 150 valence electrons. The quantitative estimate of drug-likeness (QED) is 0.479. The first-order valence-corrected chi connectivity index (χ1v) is 10.5. The summed E-state index contributed by atoms with van der Waals surface area (Å²) in [5.74, 6) is -0.365. The van der Waals surface area contributed by atoms with Crippen molar-refractivity contribution < 1.29 is 13.2 Å². The summed E-state index contributed by atoms with van der Waals surface area (Å²) < 4.78 is 24.8. The molecule has 0 fully saturated rings. The molecule has 0 saturated heterocycles. The van der Waals surface area contributed by atoms with Crippen LogP contribution in [0.25, 0.3) is 5.69 Å². The van der Waals surface area contributed by atoms with Crippen LogP contribution in [0, 0.1) is 13.8 Å². The number of halogens is 1. The predicted octanol–water partition coefficient (Wildman–Crippen LogP) is 3.16. The number of carbonyl (C=O) groups is 1. The fraction of sp³-hybridized carbons (Fsp3) is 0.100. The number of benzene rings is 2. The number of aryl methyl sites for hydroxylation is 1. The SMILES string of the molecule is Cc1cc(C=NNC(=O)c2cccc(Cl)c2)c(C)n1-c1ccc(S(N)(=O)=O)cc1. The molecule has 3 rings (SSSR count).